The molecule has 27 heavy (non-hydrogen) atoms. The highest BCUT2D eigenvalue weighted by atomic mass is 32.2. The number of sulfonamides is 1. The van der Waals surface area contributed by atoms with E-state index in [9.17, 15) is 13.2 Å². The zero-order chi connectivity index (χ0) is 18.9. The van der Waals surface area contributed by atoms with Gasteiger partial charge in [0.1, 0.15) is 0 Å². The molecule has 1 aliphatic rings. The van der Waals surface area contributed by atoms with Crippen LogP contribution in [0.4, 0.5) is 11.4 Å². The zero-order valence-corrected chi connectivity index (χ0v) is 15.6. The van der Waals surface area contributed by atoms with Gasteiger partial charge < -0.3 is 5.32 Å². The first-order valence-corrected chi connectivity index (χ1v) is 10.6. The lowest BCUT2D eigenvalue weighted by molar-refractivity contribution is 0.102. The Hall–Kier alpha value is -2.86. The normalized spacial score (nSPS) is 16.2. The molecule has 3 aromatic rings. The third-order valence-corrected chi connectivity index (χ3v) is 6.65. The third kappa shape index (κ3) is 3.53. The van der Waals surface area contributed by atoms with E-state index < -0.39 is 10.0 Å². The Balaban J connectivity index is 1.63. The van der Waals surface area contributed by atoms with Crippen molar-refractivity contribution in [3.8, 4) is 0 Å². The maximum absolute atomic E-state index is 12.8. The molecule has 0 unspecified atom stereocenters. The fourth-order valence-electron chi connectivity index (χ4n) is 3.41. The number of fused-ring (bicyclic) bond motifs is 1. The van der Waals surface area contributed by atoms with Crippen molar-refractivity contribution in [3.05, 3.63) is 72.3 Å². The Labute approximate surface area is 158 Å². The molecule has 0 aliphatic carbocycles. The molecular formula is C21H20N2O3S. The van der Waals surface area contributed by atoms with Crippen molar-refractivity contribution in [2.24, 2.45) is 0 Å². The predicted molar refractivity (Wildman–Crippen MR) is 109 cm³/mol. The number of carbonyl (C=O) groups excluding carboxylic acids is 1. The summed E-state index contributed by atoms with van der Waals surface area (Å²) >= 11 is 0. The molecule has 0 saturated carbocycles. The van der Waals surface area contributed by atoms with Gasteiger partial charge in [0.25, 0.3) is 5.91 Å². The van der Waals surface area contributed by atoms with Crippen molar-refractivity contribution in [3.63, 3.8) is 0 Å². The molecule has 0 spiro atoms. The average Bonchev–Trinajstić information content (AvgIpc) is 2.68. The molecule has 1 amide bonds. The van der Waals surface area contributed by atoms with E-state index in [4.69, 9.17) is 0 Å². The lowest BCUT2D eigenvalue weighted by Gasteiger charge is -2.28. The first-order chi connectivity index (χ1) is 13.0. The number of carbonyl (C=O) groups is 1. The molecule has 0 radical (unpaired) electrons. The van der Waals surface area contributed by atoms with Crippen LogP contribution in [0.2, 0.25) is 0 Å². The smallest absolute Gasteiger partial charge is 0.255 e. The minimum Gasteiger partial charge on any atom is -0.321 e. The number of nitrogens with zero attached hydrogens (tertiary/aromatic N) is 1. The molecule has 0 bridgehead atoms. The molecule has 1 aliphatic heterocycles. The standard InChI is InChI=1S/C21H20N2O3S/c24-21(22-20-12-6-8-16-7-1-2-11-19(16)20)17-9-5-10-18(15-17)23-13-3-4-14-27(23,25)26/h1-2,5-12,15H,3-4,13-14H2,(H,22,24). The van der Waals surface area contributed by atoms with Crippen LogP contribution in [0.3, 0.4) is 0 Å². The van der Waals surface area contributed by atoms with Crippen LogP contribution in [-0.4, -0.2) is 26.6 Å². The zero-order valence-electron chi connectivity index (χ0n) is 14.8. The summed E-state index contributed by atoms with van der Waals surface area (Å²) in [7, 11) is -3.31. The van der Waals surface area contributed by atoms with Crippen LogP contribution >= 0.6 is 0 Å². The van der Waals surface area contributed by atoms with E-state index in [0.29, 0.717) is 24.2 Å². The van der Waals surface area contributed by atoms with Gasteiger partial charge in [-0.1, -0.05) is 42.5 Å². The minimum absolute atomic E-state index is 0.152. The number of hydrogen-bond donors (Lipinski definition) is 1. The topological polar surface area (TPSA) is 66.5 Å². The van der Waals surface area contributed by atoms with Gasteiger partial charge in [0.05, 0.1) is 11.4 Å². The maximum atomic E-state index is 12.8. The van der Waals surface area contributed by atoms with Gasteiger partial charge in [0.15, 0.2) is 0 Å². The van der Waals surface area contributed by atoms with Crippen LogP contribution in [0.15, 0.2) is 66.7 Å². The first-order valence-electron chi connectivity index (χ1n) is 8.94. The van der Waals surface area contributed by atoms with Crippen LogP contribution in [0.1, 0.15) is 23.2 Å². The Bertz CT molecular complexity index is 1100. The highest BCUT2D eigenvalue weighted by molar-refractivity contribution is 7.92. The number of amides is 1. The Morgan fingerprint density at radius 2 is 1.70 bits per heavy atom. The van der Waals surface area contributed by atoms with Gasteiger partial charge in [0, 0.05) is 23.2 Å². The Kier molecular flexibility index (Phi) is 4.58. The molecular weight excluding hydrogens is 360 g/mol. The van der Waals surface area contributed by atoms with Crippen molar-refractivity contribution in [1.29, 1.82) is 0 Å². The number of rotatable bonds is 3. The van der Waals surface area contributed by atoms with Crippen LogP contribution in [0.25, 0.3) is 10.8 Å². The van der Waals surface area contributed by atoms with Crippen molar-refractivity contribution in [2.75, 3.05) is 21.9 Å². The summed E-state index contributed by atoms with van der Waals surface area (Å²) in [6.45, 7) is 0.455. The molecule has 5 nitrogen and oxygen atoms in total. The number of nitrogens with one attached hydrogen (secondary N) is 1. The van der Waals surface area contributed by atoms with Crippen LogP contribution < -0.4 is 9.62 Å². The SMILES string of the molecule is O=C(Nc1cccc2ccccc12)c1cccc(N2CCCCS2(=O)=O)c1. The first kappa shape index (κ1) is 17.5. The minimum atomic E-state index is -3.31. The summed E-state index contributed by atoms with van der Waals surface area (Å²) in [5, 5.41) is 4.95. The largest absolute Gasteiger partial charge is 0.321 e. The summed E-state index contributed by atoms with van der Waals surface area (Å²) in [6, 6.07) is 20.4. The van der Waals surface area contributed by atoms with Crippen molar-refractivity contribution < 1.29 is 13.2 Å². The Morgan fingerprint density at radius 3 is 2.56 bits per heavy atom. The lowest BCUT2D eigenvalue weighted by Crippen LogP contribution is -2.37. The van der Waals surface area contributed by atoms with Crippen LogP contribution in [0, 0.1) is 0 Å². The number of hydrogen-bond acceptors (Lipinski definition) is 3. The van der Waals surface area contributed by atoms with Gasteiger partial charge in [-0.3, -0.25) is 9.10 Å². The van der Waals surface area contributed by atoms with Gasteiger partial charge >= 0.3 is 0 Å². The maximum Gasteiger partial charge on any atom is 0.255 e. The monoisotopic (exact) mass is 380 g/mol. The molecule has 4 rings (SSSR count). The summed E-state index contributed by atoms with van der Waals surface area (Å²) < 4.78 is 26.1. The second kappa shape index (κ2) is 7.04. The van der Waals surface area contributed by atoms with Crippen molar-refractivity contribution in [2.45, 2.75) is 12.8 Å². The van der Waals surface area contributed by atoms with E-state index in [0.717, 1.165) is 22.9 Å². The van der Waals surface area contributed by atoms with Crippen molar-refractivity contribution in [1.82, 2.24) is 0 Å². The molecule has 3 aromatic carbocycles. The van der Waals surface area contributed by atoms with Crippen molar-refractivity contribution >= 4 is 38.1 Å². The van der Waals surface area contributed by atoms with E-state index in [1.807, 2.05) is 42.5 Å². The number of anilines is 2. The molecule has 138 valence electrons. The highest BCUT2D eigenvalue weighted by Gasteiger charge is 2.26. The van der Waals surface area contributed by atoms with Gasteiger partial charge in [-0.05, 0) is 42.5 Å². The molecule has 6 heteroatoms. The van der Waals surface area contributed by atoms with Gasteiger partial charge in [0.2, 0.25) is 10.0 Å². The lowest BCUT2D eigenvalue weighted by atomic mass is 10.1. The second-order valence-corrected chi connectivity index (χ2v) is 8.64. The summed E-state index contributed by atoms with van der Waals surface area (Å²) in [5.74, 6) is -0.109. The van der Waals surface area contributed by atoms with E-state index in [1.54, 1.807) is 24.3 Å². The summed E-state index contributed by atoms with van der Waals surface area (Å²) in [4.78, 5) is 12.8. The predicted octanol–water partition coefficient (Wildman–Crippen LogP) is 4.02. The second-order valence-electron chi connectivity index (χ2n) is 6.63. The quantitative estimate of drug-likeness (QED) is 0.746. The van der Waals surface area contributed by atoms with Crippen LogP contribution in [-0.2, 0) is 10.0 Å². The van der Waals surface area contributed by atoms with E-state index in [-0.39, 0.29) is 11.7 Å². The van der Waals surface area contributed by atoms with Gasteiger partial charge in [-0.2, -0.15) is 0 Å². The fraction of sp³-hybridized carbons (Fsp3) is 0.190. The fourth-order valence-corrected chi connectivity index (χ4v) is 5.04. The van der Waals surface area contributed by atoms with Crippen LogP contribution in [0.5, 0.6) is 0 Å². The molecule has 1 heterocycles. The molecule has 0 aromatic heterocycles. The van der Waals surface area contributed by atoms with Gasteiger partial charge in [-0.25, -0.2) is 8.42 Å². The average molecular weight is 380 g/mol. The highest BCUT2D eigenvalue weighted by Crippen LogP contribution is 2.26. The summed E-state index contributed by atoms with van der Waals surface area (Å²) in [5.41, 5.74) is 1.70. The third-order valence-electron chi connectivity index (χ3n) is 4.78. The van der Waals surface area contributed by atoms with E-state index in [2.05, 4.69) is 5.32 Å². The number of benzene rings is 3. The Morgan fingerprint density at radius 1 is 0.926 bits per heavy atom. The molecule has 1 N–H and O–H groups in total. The summed E-state index contributed by atoms with van der Waals surface area (Å²) in [6.07, 6.45) is 1.51. The molecule has 1 fully saturated rings. The van der Waals surface area contributed by atoms with E-state index in [1.165, 1.54) is 4.31 Å². The molecule has 0 atom stereocenters. The molecule has 1 saturated heterocycles. The van der Waals surface area contributed by atoms with E-state index >= 15 is 0 Å². The van der Waals surface area contributed by atoms with Gasteiger partial charge in [-0.15, -0.1) is 0 Å².